The molecule has 0 radical (unpaired) electrons. The Morgan fingerprint density at radius 1 is 0.975 bits per heavy atom. The molecule has 0 fully saturated rings. The van der Waals surface area contributed by atoms with Gasteiger partial charge in [-0.2, -0.15) is 10.1 Å². The summed E-state index contributed by atoms with van der Waals surface area (Å²) in [4.78, 5) is 21.9. The van der Waals surface area contributed by atoms with Crippen LogP contribution in [0.2, 0.25) is 0 Å². The predicted octanol–water partition coefficient (Wildman–Crippen LogP) is 6.05. The second kappa shape index (κ2) is 11.3. The topological polar surface area (TPSA) is 85.8 Å². The molecule has 0 saturated carbocycles. The Hall–Kier alpha value is -4.59. The number of pyridine rings is 1. The molecular formula is C32H32FN5O2. The lowest BCUT2D eigenvalue weighted by Gasteiger charge is -2.21. The van der Waals surface area contributed by atoms with Crippen molar-refractivity contribution >= 4 is 0 Å². The van der Waals surface area contributed by atoms with Gasteiger partial charge in [0.15, 0.2) is 5.82 Å². The van der Waals surface area contributed by atoms with E-state index in [0.29, 0.717) is 36.2 Å². The summed E-state index contributed by atoms with van der Waals surface area (Å²) >= 11 is 0. The number of halogens is 1. The summed E-state index contributed by atoms with van der Waals surface area (Å²) < 4.78 is 18.7. The molecule has 40 heavy (non-hydrogen) atoms. The number of benzene rings is 2. The molecule has 5 rings (SSSR count). The van der Waals surface area contributed by atoms with Crippen LogP contribution >= 0.6 is 0 Å². The van der Waals surface area contributed by atoms with Crippen molar-refractivity contribution in [2.24, 2.45) is 0 Å². The first-order valence-electron chi connectivity index (χ1n) is 13.5. The van der Waals surface area contributed by atoms with E-state index in [4.69, 9.17) is 0 Å². The van der Waals surface area contributed by atoms with Gasteiger partial charge in [-0.05, 0) is 72.7 Å². The number of rotatable bonds is 8. The van der Waals surface area contributed by atoms with Crippen LogP contribution < -0.4 is 5.56 Å². The van der Waals surface area contributed by atoms with E-state index < -0.39 is 11.4 Å². The summed E-state index contributed by atoms with van der Waals surface area (Å²) in [6, 6.07) is 14.5. The van der Waals surface area contributed by atoms with Crippen LogP contribution in [0.15, 0.2) is 71.9 Å². The molecule has 5 aromatic rings. The average Bonchev–Trinajstić information content (AvgIpc) is 3.45. The van der Waals surface area contributed by atoms with Crippen molar-refractivity contribution in [3.05, 3.63) is 111 Å². The summed E-state index contributed by atoms with van der Waals surface area (Å²) in [5.74, 6) is -0.360. The maximum atomic E-state index is 15.3. The Kier molecular flexibility index (Phi) is 7.60. The van der Waals surface area contributed by atoms with Crippen LogP contribution in [0.4, 0.5) is 4.39 Å². The highest BCUT2D eigenvalue weighted by Gasteiger charge is 2.24. The van der Waals surface area contributed by atoms with Crippen LogP contribution in [0.3, 0.4) is 0 Å². The molecule has 0 aliphatic heterocycles. The third-order valence-corrected chi connectivity index (χ3v) is 7.27. The van der Waals surface area contributed by atoms with Gasteiger partial charge < -0.3 is 5.11 Å². The molecule has 204 valence electrons. The lowest BCUT2D eigenvalue weighted by atomic mass is 9.98. The largest absolute Gasteiger partial charge is 0.494 e. The SMILES string of the molecule is CCc1cccc(CC)c1-n1c(-c2ccn(CC)n2)nc(=O)c(Cc2ccc(-c3ccncc3C)c(F)c2)c1O. The molecule has 1 N–H and O–H groups in total. The van der Waals surface area contributed by atoms with Gasteiger partial charge >= 0.3 is 0 Å². The maximum Gasteiger partial charge on any atom is 0.280 e. The summed E-state index contributed by atoms with van der Waals surface area (Å²) in [6.07, 6.45) is 6.59. The van der Waals surface area contributed by atoms with E-state index in [2.05, 4.69) is 15.1 Å². The van der Waals surface area contributed by atoms with Gasteiger partial charge in [-0.3, -0.25) is 19.0 Å². The molecular weight excluding hydrogens is 505 g/mol. The lowest BCUT2D eigenvalue weighted by molar-refractivity contribution is 0.428. The van der Waals surface area contributed by atoms with Gasteiger partial charge in [0.25, 0.3) is 5.56 Å². The lowest BCUT2D eigenvalue weighted by Crippen LogP contribution is -2.21. The number of aromatic nitrogens is 5. The van der Waals surface area contributed by atoms with E-state index >= 15 is 4.39 Å². The molecule has 0 aliphatic carbocycles. The molecule has 3 aromatic heterocycles. The first-order valence-corrected chi connectivity index (χ1v) is 13.5. The number of para-hydroxylation sites is 1. The molecule has 0 atom stereocenters. The van der Waals surface area contributed by atoms with Gasteiger partial charge in [0.1, 0.15) is 11.5 Å². The zero-order valence-corrected chi connectivity index (χ0v) is 23.1. The Morgan fingerprint density at radius 3 is 2.35 bits per heavy atom. The van der Waals surface area contributed by atoms with Crippen LogP contribution in [-0.4, -0.2) is 29.4 Å². The van der Waals surface area contributed by atoms with E-state index in [1.54, 1.807) is 45.9 Å². The van der Waals surface area contributed by atoms with E-state index in [9.17, 15) is 9.90 Å². The zero-order chi connectivity index (χ0) is 28.4. The second-order valence-electron chi connectivity index (χ2n) is 9.75. The van der Waals surface area contributed by atoms with Crippen LogP contribution in [-0.2, 0) is 25.8 Å². The fourth-order valence-corrected chi connectivity index (χ4v) is 5.11. The molecule has 2 aromatic carbocycles. The molecule has 0 aliphatic rings. The Balaban J connectivity index is 1.68. The molecule has 0 bridgehead atoms. The molecule has 0 unspecified atom stereocenters. The monoisotopic (exact) mass is 537 g/mol. The highest BCUT2D eigenvalue weighted by Crippen LogP contribution is 2.33. The van der Waals surface area contributed by atoms with Gasteiger partial charge in [-0.1, -0.05) is 44.2 Å². The number of aromatic hydroxyl groups is 1. The number of nitrogens with zero attached hydrogens (tertiary/aromatic N) is 5. The van der Waals surface area contributed by atoms with E-state index in [0.717, 1.165) is 27.9 Å². The highest BCUT2D eigenvalue weighted by atomic mass is 19.1. The average molecular weight is 538 g/mol. The summed E-state index contributed by atoms with van der Waals surface area (Å²) in [5.41, 5.74) is 5.43. The second-order valence-corrected chi connectivity index (χ2v) is 9.75. The summed E-state index contributed by atoms with van der Waals surface area (Å²) in [7, 11) is 0. The van der Waals surface area contributed by atoms with Crippen LogP contribution in [0.25, 0.3) is 28.3 Å². The number of aryl methyl sites for hydroxylation is 4. The summed E-state index contributed by atoms with van der Waals surface area (Å²) in [6.45, 7) is 8.60. The third kappa shape index (κ3) is 4.93. The minimum absolute atomic E-state index is 0.0175. The van der Waals surface area contributed by atoms with Crippen molar-refractivity contribution in [1.82, 2.24) is 24.3 Å². The molecule has 3 heterocycles. The van der Waals surface area contributed by atoms with Gasteiger partial charge in [-0.25, -0.2) is 4.39 Å². The highest BCUT2D eigenvalue weighted by molar-refractivity contribution is 5.67. The van der Waals surface area contributed by atoms with E-state index in [1.807, 2.05) is 52.1 Å². The number of hydrogen-bond acceptors (Lipinski definition) is 5. The van der Waals surface area contributed by atoms with Crippen LogP contribution in [0, 0.1) is 12.7 Å². The Morgan fingerprint density at radius 2 is 1.73 bits per heavy atom. The van der Waals surface area contributed by atoms with E-state index in [-0.39, 0.29) is 23.7 Å². The number of hydrogen-bond donors (Lipinski definition) is 1. The van der Waals surface area contributed by atoms with Crippen molar-refractivity contribution in [3.63, 3.8) is 0 Å². The maximum absolute atomic E-state index is 15.3. The fourth-order valence-electron chi connectivity index (χ4n) is 5.11. The van der Waals surface area contributed by atoms with Gasteiger partial charge in [0.2, 0.25) is 5.88 Å². The normalized spacial score (nSPS) is 11.2. The third-order valence-electron chi connectivity index (χ3n) is 7.27. The molecule has 7 nitrogen and oxygen atoms in total. The molecule has 0 saturated heterocycles. The smallest absolute Gasteiger partial charge is 0.280 e. The molecule has 8 heteroatoms. The Bertz CT molecular complexity index is 1730. The van der Waals surface area contributed by atoms with Crippen molar-refractivity contribution in [1.29, 1.82) is 0 Å². The van der Waals surface area contributed by atoms with Gasteiger partial charge in [0.05, 0.1) is 11.3 Å². The fraction of sp³-hybridized carbons (Fsp3) is 0.250. The van der Waals surface area contributed by atoms with E-state index in [1.165, 1.54) is 6.07 Å². The standard InChI is InChI=1S/C32H32FN5O2/c1-5-22-9-8-10-23(6-2)29(22)38-30(28-14-16-37(7-3)36-28)35-31(39)26(32(38)40)17-21-11-12-25(27(33)18-21)24-13-15-34-19-20(24)4/h8-16,18-19,40H,5-7,17H2,1-4H3. The zero-order valence-electron chi connectivity index (χ0n) is 23.1. The minimum Gasteiger partial charge on any atom is -0.494 e. The van der Waals surface area contributed by atoms with Crippen molar-refractivity contribution in [3.8, 4) is 34.2 Å². The van der Waals surface area contributed by atoms with Crippen molar-refractivity contribution in [2.75, 3.05) is 0 Å². The molecule has 0 spiro atoms. The van der Waals surface area contributed by atoms with Gasteiger partial charge in [-0.15, -0.1) is 0 Å². The first kappa shape index (κ1) is 27.0. The summed E-state index contributed by atoms with van der Waals surface area (Å²) in [5, 5.41) is 16.3. The van der Waals surface area contributed by atoms with Crippen molar-refractivity contribution < 1.29 is 9.50 Å². The van der Waals surface area contributed by atoms with Crippen LogP contribution in [0.1, 0.15) is 48.6 Å². The van der Waals surface area contributed by atoms with Crippen LogP contribution in [0.5, 0.6) is 5.88 Å². The predicted molar refractivity (Wildman–Crippen MR) is 154 cm³/mol. The van der Waals surface area contributed by atoms with Gasteiger partial charge in [0, 0.05) is 37.1 Å². The first-order chi connectivity index (χ1) is 19.4. The Labute approximate surface area is 232 Å². The quantitative estimate of drug-likeness (QED) is 0.261. The molecule has 0 amide bonds. The minimum atomic E-state index is -0.573. The van der Waals surface area contributed by atoms with Crippen molar-refractivity contribution in [2.45, 2.75) is 53.5 Å².